The van der Waals surface area contributed by atoms with E-state index in [0.29, 0.717) is 35.2 Å². The zero-order chi connectivity index (χ0) is 24.1. The molecule has 1 aliphatic heterocycles. The van der Waals surface area contributed by atoms with Crippen molar-refractivity contribution in [1.29, 1.82) is 0 Å². The Kier molecular flexibility index (Phi) is 7.82. The number of anilines is 2. The minimum Gasteiger partial charge on any atom is -0.383 e. The molecule has 0 radical (unpaired) electrons. The number of hydrogen-bond donors (Lipinski definition) is 3. The average Bonchev–Trinajstić information content (AvgIpc) is 3.36. The van der Waals surface area contributed by atoms with Crippen LogP contribution in [-0.2, 0) is 11.3 Å². The van der Waals surface area contributed by atoms with E-state index in [1.165, 1.54) is 18.9 Å². The van der Waals surface area contributed by atoms with Gasteiger partial charge >= 0.3 is 0 Å². The van der Waals surface area contributed by atoms with Gasteiger partial charge in [-0.15, -0.1) is 0 Å². The number of likely N-dealkylation sites (tertiary alicyclic amines) is 1. The Labute approximate surface area is 203 Å². The van der Waals surface area contributed by atoms with Crippen LogP contribution in [-0.4, -0.2) is 53.8 Å². The van der Waals surface area contributed by atoms with E-state index in [2.05, 4.69) is 31.8 Å². The zero-order valence-electron chi connectivity index (χ0n) is 19.5. The predicted molar refractivity (Wildman–Crippen MR) is 136 cm³/mol. The third-order valence-corrected chi connectivity index (χ3v) is 6.42. The first-order valence-corrected chi connectivity index (χ1v) is 12.0. The van der Waals surface area contributed by atoms with E-state index in [1.54, 1.807) is 12.1 Å². The van der Waals surface area contributed by atoms with Crippen molar-refractivity contribution in [3.8, 4) is 0 Å². The number of aromatic nitrogens is 2. The average molecular weight is 484 g/mol. The van der Waals surface area contributed by atoms with Gasteiger partial charge in [-0.1, -0.05) is 17.7 Å². The van der Waals surface area contributed by atoms with Gasteiger partial charge < -0.3 is 20.3 Å². The second-order valence-electron chi connectivity index (χ2n) is 8.49. The van der Waals surface area contributed by atoms with Crippen molar-refractivity contribution < 1.29 is 9.53 Å². The second kappa shape index (κ2) is 11.0. The molecule has 1 amide bonds. The van der Waals surface area contributed by atoms with Gasteiger partial charge in [0.25, 0.3) is 11.5 Å². The molecule has 0 saturated carbocycles. The van der Waals surface area contributed by atoms with Crippen molar-refractivity contribution in [3.05, 3.63) is 62.5 Å². The Balaban J connectivity index is 1.56. The zero-order valence-corrected chi connectivity index (χ0v) is 20.3. The normalized spacial score (nSPS) is 14.0. The molecule has 180 valence electrons. The topological polar surface area (TPSA) is 99.3 Å². The van der Waals surface area contributed by atoms with E-state index < -0.39 is 5.56 Å². The van der Waals surface area contributed by atoms with Crippen LogP contribution in [0.4, 0.5) is 11.4 Å². The Morgan fingerprint density at radius 1 is 1.18 bits per heavy atom. The largest absolute Gasteiger partial charge is 0.383 e. The fraction of sp³-hybridized carbons (Fsp3) is 0.400. The number of fused-ring (bicyclic) bond motifs is 1. The number of aromatic amines is 1. The molecule has 0 spiro atoms. The van der Waals surface area contributed by atoms with Gasteiger partial charge in [0.15, 0.2) is 5.15 Å². The molecule has 2 heterocycles. The Morgan fingerprint density at radius 2 is 1.94 bits per heavy atom. The van der Waals surface area contributed by atoms with Gasteiger partial charge in [-0.05, 0) is 75.2 Å². The van der Waals surface area contributed by atoms with Crippen LogP contribution in [0.3, 0.4) is 0 Å². The molecular formula is C25H30ClN5O3. The van der Waals surface area contributed by atoms with Crippen molar-refractivity contribution >= 4 is 39.7 Å². The van der Waals surface area contributed by atoms with E-state index in [0.717, 1.165) is 43.0 Å². The lowest BCUT2D eigenvalue weighted by atomic mass is 10.1. The predicted octanol–water partition coefficient (Wildman–Crippen LogP) is 4.18. The summed E-state index contributed by atoms with van der Waals surface area (Å²) in [5.74, 6) is -0.311. The summed E-state index contributed by atoms with van der Waals surface area (Å²) in [7, 11) is 0. The molecule has 34 heavy (non-hydrogen) atoms. The summed E-state index contributed by atoms with van der Waals surface area (Å²) in [6.45, 7) is 9.12. The molecule has 2 aromatic carbocycles. The summed E-state index contributed by atoms with van der Waals surface area (Å²) < 4.78 is 5.61. The number of nitrogens with zero attached hydrogens (tertiary/aromatic N) is 2. The van der Waals surface area contributed by atoms with E-state index in [9.17, 15) is 9.59 Å². The number of hydrogen-bond acceptors (Lipinski definition) is 6. The molecule has 1 saturated heterocycles. The van der Waals surface area contributed by atoms with Gasteiger partial charge in [0.05, 0.1) is 12.0 Å². The van der Waals surface area contributed by atoms with Crippen LogP contribution in [0, 0.1) is 6.92 Å². The first-order chi connectivity index (χ1) is 16.5. The molecule has 0 atom stereocenters. The van der Waals surface area contributed by atoms with E-state index >= 15 is 0 Å². The molecule has 0 unspecified atom stereocenters. The number of carbonyl (C=O) groups excluding carboxylic acids is 1. The maximum absolute atomic E-state index is 13.1. The summed E-state index contributed by atoms with van der Waals surface area (Å²) in [6, 6.07) is 8.82. The number of rotatable bonds is 9. The summed E-state index contributed by atoms with van der Waals surface area (Å²) in [6.07, 6.45) is 2.53. The number of amides is 1. The van der Waals surface area contributed by atoms with Crippen molar-refractivity contribution in [2.45, 2.75) is 33.3 Å². The van der Waals surface area contributed by atoms with Crippen LogP contribution in [0.1, 0.15) is 41.3 Å². The summed E-state index contributed by atoms with van der Waals surface area (Å²) in [5, 5.41) is 13.7. The number of halogens is 1. The number of H-pyrrole nitrogens is 1. The minimum atomic E-state index is -0.395. The summed E-state index contributed by atoms with van der Waals surface area (Å²) >= 11 is 6.07. The first-order valence-electron chi connectivity index (χ1n) is 11.6. The van der Waals surface area contributed by atoms with Crippen LogP contribution in [0.15, 0.2) is 35.1 Å². The molecule has 9 heteroatoms. The quantitative estimate of drug-likeness (QED) is 0.422. The van der Waals surface area contributed by atoms with Crippen molar-refractivity contribution in [2.24, 2.45) is 0 Å². The highest BCUT2D eigenvalue weighted by molar-refractivity contribution is 6.34. The molecule has 0 aliphatic carbocycles. The monoisotopic (exact) mass is 483 g/mol. The highest BCUT2D eigenvalue weighted by Gasteiger charge is 2.15. The van der Waals surface area contributed by atoms with Gasteiger partial charge in [-0.2, -0.15) is 5.10 Å². The molecule has 0 bridgehead atoms. The first kappa shape index (κ1) is 24.2. The van der Waals surface area contributed by atoms with Gasteiger partial charge in [-0.25, -0.2) is 5.10 Å². The van der Waals surface area contributed by atoms with Crippen LogP contribution in [0.5, 0.6) is 0 Å². The maximum atomic E-state index is 13.1. The van der Waals surface area contributed by atoms with E-state index in [4.69, 9.17) is 16.3 Å². The SMILES string of the molecule is CCOCc1cc(NCCN2CCCC2)c(C)c(NC(=O)c2ccc3c(Cl)n[nH]c(=O)c3c2)c1. The van der Waals surface area contributed by atoms with E-state index in [1.807, 2.05) is 19.9 Å². The van der Waals surface area contributed by atoms with Gasteiger partial charge in [0.1, 0.15) is 0 Å². The van der Waals surface area contributed by atoms with E-state index in [-0.39, 0.29) is 11.1 Å². The minimum absolute atomic E-state index is 0.186. The van der Waals surface area contributed by atoms with Crippen molar-refractivity contribution in [2.75, 3.05) is 43.4 Å². The van der Waals surface area contributed by atoms with Gasteiger partial charge in [-0.3, -0.25) is 9.59 Å². The molecule has 3 N–H and O–H groups in total. The highest BCUT2D eigenvalue weighted by Crippen LogP contribution is 2.28. The number of carbonyl (C=O) groups is 1. The molecule has 1 aliphatic rings. The number of benzene rings is 2. The van der Waals surface area contributed by atoms with Gasteiger partial charge in [0, 0.05) is 42.0 Å². The number of ether oxygens (including phenoxy) is 1. The Morgan fingerprint density at radius 3 is 2.71 bits per heavy atom. The molecular weight excluding hydrogens is 454 g/mol. The fourth-order valence-electron chi connectivity index (χ4n) is 4.21. The molecule has 8 nitrogen and oxygen atoms in total. The van der Waals surface area contributed by atoms with Crippen LogP contribution >= 0.6 is 11.6 Å². The van der Waals surface area contributed by atoms with Crippen LogP contribution in [0.25, 0.3) is 10.8 Å². The maximum Gasteiger partial charge on any atom is 0.272 e. The Hall–Kier alpha value is -2.94. The second-order valence-corrected chi connectivity index (χ2v) is 8.84. The highest BCUT2D eigenvalue weighted by atomic mass is 35.5. The van der Waals surface area contributed by atoms with Gasteiger partial charge in [0.2, 0.25) is 0 Å². The smallest absolute Gasteiger partial charge is 0.272 e. The van der Waals surface area contributed by atoms with Crippen LogP contribution < -0.4 is 16.2 Å². The molecule has 4 rings (SSSR count). The molecule has 1 fully saturated rings. The third-order valence-electron chi connectivity index (χ3n) is 6.13. The lowest BCUT2D eigenvalue weighted by molar-refractivity contribution is 0.102. The summed E-state index contributed by atoms with van der Waals surface area (Å²) in [4.78, 5) is 27.7. The third kappa shape index (κ3) is 5.58. The lowest BCUT2D eigenvalue weighted by Crippen LogP contribution is -2.26. The molecule has 3 aromatic rings. The lowest BCUT2D eigenvalue weighted by Gasteiger charge is -2.19. The van der Waals surface area contributed by atoms with Crippen molar-refractivity contribution in [3.63, 3.8) is 0 Å². The van der Waals surface area contributed by atoms with Crippen molar-refractivity contribution in [1.82, 2.24) is 15.1 Å². The fourth-order valence-corrected chi connectivity index (χ4v) is 4.42. The molecule has 1 aromatic heterocycles. The Bertz CT molecular complexity index is 1240. The van der Waals surface area contributed by atoms with Crippen LogP contribution in [0.2, 0.25) is 5.15 Å². The summed E-state index contributed by atoms with van der Waals surface area (Å²) in [5.41, 5.74) is 3.55. The standard InChI is InChI=1S/C25H30ClN5O3/c1-3-34-15-17-12-21(27-8-11-31-9-4-5-10-31)16(2)22(13-17)28-24(32)18-6-7-19-20(14-18)25(33)30-29-23(19)26/h6-7,12-14,27H,3-5,8-11,15H2,1-2H3,(H,28,32)(H,30,33). The number of nitrogens with one attached hydrogen (secondary N) is 3.